The maximum atomic E-state index is 13.0. The van der Waals surface area contributed by atoms with E-state index >= 15 is 0 Å². The Morgan fingerprint density at radius 2 is 2.00 bits per heavy atom. The SMILES string of the molecule is Cc1nn(-c2ccccc2)c(C)c1/C=N/NC(=O)Cn1cnc2sc3c(c2c1=O)CCCC3. The van der Waals surface area contributed by atoms with Gasteiger partial charge in [0.15, 0.2) is 0 Å². The zero-order valence-electron chi connectivity index (χ0n) is 18.5. The zero-order valence-corrected chi connectivity index (χ0v) is 19.4. The number of hydrazone groups is 1. The molecular formula is C24H24N6O2S. The number of hydrogen-bond donors (Lipinski definition) is 1. The maximum Gasteiger partial charge on any atom is 0.262 e. The molecule has 0 aliphatic heterocycles. The Hall–Kier alpha value is -3.59. The van der Waals surface area contributed by atoms with Crippen LogP contribution >= 0.6 is 11.3 Å². The van der Waals surface area contributed by atoms with Crippen molar-refractivity contribution in [3.63, 3.8) is 0 Å². The van der Waals surface area contributed by atoms with Crippen molar-refractivity contribution >= 4 is 33.7 Å². The molecule has 0 fully saturated rings. The number of hydrogen-bond acceptors (Lipinski definition) is 6. The Balaban J connectivity index is 1.32. The van der Waals surface area contributed by atoms with Gasteiger partial charge in [0.25, 0.3) is 11.5 Å². The van der Waals surface area contributed by atoms with Crippen LogP contribution in [0.4, 0.5) is 0 Å². The van der Waals surface area contributed by atoms with Gasteiger partial charge in [-0.25, -0.2) is 15.1 Å². The number of carbonyl (C=O) groups excluding carboxylic acids is 1. The van der Waals surface area contributed by atoms with Gasteiger partial charge >= 0.3 is 0 Å². The average molecular weight is 461 g/mol. The van der Waals surface area contributed by atoms with Crippen molar-refractivity contribution in [1.82, 2.24) is 24.8 Å². The van der Waals surface area contributed by atoms with Crippen molar-refractivity contribution in [2.75, 3.05) is 0 Å². The van der Waals surface area contributed by atoms with Gasteiger partial charge in [-0.1, -0.05) is 18.2 Å². The first-order valence-electron chi connectivity index (χ1n) is 11.0. The van der Waals surface area contributed by atoms with Gasteiger partial charge in [-0.2, -0.15) is 10.2 Å². The van der Waals surface area contributed by atoms with Crippen molar-refractivity contribution in [3.8, 4) is 5.69 Å². The van der Waals surface area contributed by atoms with E-state index in [0.29, 0.717) is 5.39 Å². The highest BCUT2D eigenvalue weighted by atomic mass is 32.1. The minimum Gasteiger partial charge on any atom is -0.289 e. The predicted molar refractivity (Wildman–Crippen MR) is 129 cm³/mol. The van der Waals surface area contributed by atoms with Gasteiger partial charge in [-0.15, -0.1) is 11.3 Å². The molecule has 1 aromatic carbocycles. The van der Waals surface area contributed by atoms with Crippen LogP contribution in [0.5, 0.6) is 0 Å². The van der Waals surface area contributed by atoms with E-state index in [1.165, 1.54) is 15.8 Å². The van der Waals surface area contributed by atoms with Crippen molar-refractivity contribution < 1.29 is 4.79 Å². The predicted octanol–water partition coefficient (Wildman–Crippen LogP) is 3.29. The molecular weight excluding hydrogens is 436 g/mol. The number of fused-ring (bicyclic) bond motifs is 3. The second-order valence-corrected chi connectivity index (χ2v) is 9.28. The van der Waals surface area contributed by atoms with Crippen LogP contribution in [0.1, 0.15) is 40.2 Å². The normalized spacial score (nSPS) is 13.5. The summed E-state index contributed by atoms with van der Waals surface area (Å²) in [6.07, 6.45) is 7.19. The first kappa shape index (κ1) is 21.3. The molecule has 1 N–H and O–H groups in total. The van der Waals surface area contributed by atoms with Crippen LogP contribution < -0.4 is 11.0 Å². The van der Waals surface area contributed by atoms with Gasteiger partial charge in [-0.05, 0) is 57.2 Å². The van der Waals surface area contributed by atoms with Crippen LogP contribution in [0.25, 0.3) is 15.9 Å². The molecule has 0 spiro atoms. The molecule has 3 heterocycles. The highest BCUT2D eigenvalue weighted by molar-refractivity contribution is 7.18. The van der Waals surface area contributed by atoms with E-state index < -0.39 is 0 Å². The van der Waals surface area contributed by atoms with Crippen LogP contribution in [-0.4, -0.2) is 31.5 Å². The molecule has 0 bridgehead atoms. The van der Waals surface area contributed by atoms with Gasteiger partial charge < -0.3 is 0 Å². The van der Waals surface area contributed by atoms with E-state index in [1.54, 1.807) is 17.6 Å². The lowest BCUT2D eigenvalue weighted by Crippen LogP contribution is -2.30. The molecule has 0 radical (unpaired) electrons. The summed E-state index contributed by atoms with van der Waals surface area (Å²) in [5.41, 5.74) is 7.01. The van der Waals surface area contributed by atoms with Crippen LogP contribution in [0.2, 0.25) is 0 Å². The first-order chi connectivity index (χ1) is 16.0. The second-order valence-electron chi connectivity index (χ2n) is 8.19. The minimum atomic E-state index is -0.385. The summed E-state index contributed by atoms with van der Waals surface area (Å²) in [5.74, 6) is -0.385. The zero-order chi connectivity index (χ0) is 22.9. The van der Waals surface area contributed by atoms with Gasteiger partial charge in [0, 0.05) is 10.4 Å². The van der Waals surface area contributed by atoms with Crippen LogP contribution in [0.3, 0.4) is 0 Å². The molecule has 1 amide bonds. The van der Waals surface area contributed by atoms with Crippen LogP contribution in [0.15, 0.2) is 46.6 Å². The summed E-state index contributed by atoms with van der Waals surface area (Å²) in [5, 5.41) is 9.36. The van der Waals surface area contributed by atoms with Crippen molar-refractivity contribution in [1.29, 1.82) is 0 Å². The first-order valence-corrected chi connectivity index (χ1v) is 11.8. The van der Waals surface area contributed by atoms with E-state index in [1.807, 2.05) is 48.9 Å². The monoisotopic (exact) mass is 460 g/mol. The van der Waals surface area contributed by atoms with Crippen LogP contribution in [0, 0.1) is 13.8 Å². The third kappa shape index (κ3) is 4.00. The fourth-order valence-corrected chi connectivity index (χ4v) is 5.53. The Morgan fingerprint density at radius 1 is 1.21 bits per heavy atom. The molecule has 1 aliphatic rings. The Kier molecular flexibility index (Phi) is 5.63. The smallest absolute Gasteiger partial charge is 0.262 e. The summed E-state index contributed by atoms with van der Waals surface area (Å²) in [6, 6.07) is 9.84. The lowest BCUT2D eigenvalue weighted by atomic mass is 9.97. The van der Waals surface area contributed by atoms with E-state index in [0.717, 1.165) is 58.7 Å². The third-order valence-electron chi connectivity index (χ3n) is 5.99. The highest BCUT2D eigenvalue weighted by Crippen LogP contribution is 2.33. The van der Waals surface area contributed by atoms with E-state index in [4.69, 9.17) is 0 Å². The quantitative estimate of drug-likeness (QED) is 0.365. The number of amides is 1. The molecule has 0 unspecified atom stereocenters. The van der Waals surface area contributed by atoms with Crippen molar-refractivity contribution in [2.24, 2.45) is 5.10 Å². The number of benzene rings is 1. The second kappa shape index (κ2) is 8.74. The number of carbonyl (C=O) groups is 1. The number of rotatable bonds is 5. The summed E-state index contributed by atoms with van der Waals surface area (Å²) >= 11 is 1.60. The van der Waals surface area contributed by atoms with Gasteiger partial charge in [-0.3, -0.25) is 14.2 Å². The summed E-state index contributed by atoms with van der Waals surface area (Å²) in [6.45, 7) is 3.72. The molecule has 33 heavy (non-hydrogen) atoms. The van der Waals surface area contributed by atoms with Gasteiger partial charge in [0.2, 0.25) is 0 Å². The molecule has 168 valence electrons. The van der Waals surface area contributed by atoms with Gasteiger partial charge in [0.1, 0.15) is 11.4 Å². The standard InChI is InChI=1S/C24H24N6O2S/c1-15-19(16(2)30(28-15)17-8-4-3-5-9-17)12-26-27-21(31)13-29-14-25-23-22(24(29)32)18-10-6-7-11-20(18)33-23/h3-5,8-9,12,14H,6-7,10-11,13H2,1-2H3,(H,27,31)/b26-12+. The molecule has 0 saturated carbocycles. The van der Waals surface area contributed by atoms with Crippen LogP contribution in [-0.2, 0) is 24.2 Å². The number of aryl methyl sites for hydroxylation is 3. The fraction of sp³-hybridized carbons (Fsp3) is 0.292. The third-order valence-corrected chi connectivity index (χ3v) is 7.19. The summed E-state index contributed by atoms with van der Waals surface area (Å²) < 4.78 is 3.21. The summed E-state index contributed by atoms with van der Waals surface area (Å²) in [4.78, 5) is 32.0. The average Bonchev–Trinajstić information content (AvgIpc) is 3.34. The lowest BCUT2D eigenvalue weighted by Gasteiger charge is -2.10. The number of thiophene rings is 1. The molecule has 4 aromatic rings. The van der Waals surface area contributed by atoms with E-state index in [9.17, 15) is 9.59 Å². The molecule has 0 atom stereocenters. The maximum absolute atomic E-state index is 13.0. The van der Waals surface area contributed by atoms with E-state index in [2.05, 4.69) is 20.6 Å². The lowest BCUT2D eigenvalue weighted by molar-refractivity contribution is -0.121. The highest BCUT2D eigenvalue weighted by Gasteiger charge is 2.20. The number of nitrogens with zero attached hydrogens (tertiary/aromatic N) is 5. The van der Waals surface area contributed by atoms with Crippen molar-refractivity contribution in [3.05, 3.63) is 74.4 Å². The number of para-hydroxylation sites is 1. The minimum absolute atomic E-state index is 0.134. The van der Waals surface area contributed by atoms with E-state index in [-0.39, 0.29) is 18.0 Å². The molecule has 8 nitrogen and oxygen atoms in total. The summed E-state index contributed by atoms with van der Waals surface area (Å²) in [7, 11) is 0. The molecule has 1 aliphatic carbocycles. The molecule has 9 heteroatoms. The molecule has 3 aromatic heterocycles. The number of nitrogens with one attached hydrogen (secondary N) is 1. The Labute approximate surface area is 194 Å². The molecule has 5 rings (SSSR count). The Bertz CT molecular complexity index is 1430. The Morgan fingerprint density at radius 3 is 2.82 bits per heavy atom. The number of aromatic nitrogens is 4. The molecule has 0 saturated heterocycles. The van der Waals surface area contributed by atoms with Gasteiger partial charge in [0.05, 0.1) is 35.0 Å². The topological polar surface area (TPSA) is 94.2 Å². The fourth-order valence-electron chi connectivity index (χ4n) is 4.31. The van der Waals surface area contributed by atoms with Crippen molar-refractivity contribution in [2.45, 2.75) is 46.1 Å². The largest absolute Gasteiger partial charge is 0.289 e.